The number of hydrogen-bond donors (Lipinski definition) is 1. The van der Waals surface area contributed by atoms with Gasteiger partial charge in [0.1, 0.15) is 5.82 Å². The Kier molecular flexibility index (Phi) is 3.88. The summed E-state index contributed by atoms with van der Waals surface area (Å²) in [6, 6.07) is 13.9. The molecule has 0 bridgehead atoms. The Morgan fingerprint density at radius 2 is 1.69 bits per heavy atom. The van der Waals surface area contributed by atoms with Crippen LogP contribution in [0.5, 0.6) is 11.5 Å². The van der Waals surface area contributed by atoms with Crippen LogP contribution in [0.3, 0.4) is 0 Å². The predicted molar refractivity (Wildman–Crippen MR) is 103 cm³/mol. The number of benzene rings is 2. The number of aryl methyl sites for hydroxylation is 2. The van der Waals surface area contributed by atoms with E-state index < -0.39 is 0 Å². The summed E-state index contributed by atoms with van der Waals surface area (Å²) < 4.78 is 12.7. The summed E-state index contributed by atoms with van der Waals surface area (Å²) in [6.07, 6.45) is 0. The first-order valence-corrected chi connectivity index (χ1v) is 8.35. The van der Waals surface area contributed by atoms with E-state index in [0.29, 0.717) is 11.5 Å². The van der Waals surface area contributed by atoms with Crippen LogP contribution in [0.4, 0.5) is 11.5 Å². The first kappa shape index (κ1) is 16.2. The maximum atomic E-state index is 5.43. The van der Waals surface area contributed by atoms with E-state index in [-0.39, 0.29) is 0 Å². The van der Waals surface area contributed by atoms with Crippen LogP contribution in [-0.2, 0) is 0 Å². The fourth-order valence-corrected chi connectivity index (χ4v) is 3.11. The number of methoxy groups -OCH3 is 2. The molecule has 0 radical (unpaired) electrons. The van der Waals surface area contributed by atoms with Gasteiger partial charge in [0, 0.05) is 23.2 Å². The Labute approximate surface area is 151 Å². The number of anilines is 2. The van der Waals surface area contributed by atoms with Gasteiger partial charge >= 0.3 is 0 Å². The molecule has 0 aliphatic carbocycles. The molecule has 0 amide bonds. The van der Waals surface area contributed by atoms with Crippen LogP contribution in [-0.4, -0.2) is 28.8 Å². The highest BCUT2D eigenvalue weighted by Gasteiger charge is 2.13. The molecule has 26 heavy (non-hydrogen) atoms. The highest BCUT2D eigenvalue weighted by Crippen LogP contribution is 2.35. The Balaban J connectivity index is 1.89. The lowest BCUT2D eigenvalue weighted by atomic mass is 10.1. The van der Waals surface area contributed by atoms with Crippen molar-refractivity contribution >= 4 is 28.1 Å². The van der Waals surface area contributed by atoms with Gasteiger partial charge in [-0.1, -0.05) is 12.1 Å². The zero-order chi connectivity index (χ0) is 18.3. The van der Waals surface area contributed by atoms with Crippen molar-refractivity contribution in [3.63, 3.8) is 0 Å². The van der Waals surface area contributed by atoms with Gasteiger partial charge in [-0.15, -0.1) is 0 Å². The summed E-state index contributed by atoms with van der Waals surface area (Å²) in [6.45, 7) is 3.99. The molecule has 2 aromatic carbocycles. The molecule has 0 unspecified atom stereocenters. The van der Waals surface area contributed by atoms with Crippen molar-refractivity contribution in [3.8, 4) is 11.5 Å². The molecule has 0 saturated carbocycles. The van der Waals surface area contributed by atoms with Gasteiger partial charge in [-0.25, -0.2) is 9.50 Å². The average molecular weight is 348 g/mol. The van der Waals surface area contributed by atoms with Crippen LogP contribution in [0.25, 0.3) is 16.6 Å². The monoisotopic (exact) mass is 348 g/mol. The van der Waals surface area contributed by atoms with Crippen molar-refractivity contribution in [3.05, 3.63) is 53.7 Å². The van der Waals surface area contributed by atoms with E-state index in [1.54, 1.807) is 14.2 Å². The van der Waals surface area contributed by atoms with E-state index >= 15 is 0 Å². The molecule has 0 spiro atoms. The summed E-state index contributed by atoms with van der Waals surface area (Å²) in [5, 5.41) is 9.00. The average Bonchev–Trinajstić information content (AvgIpc) is 3.03. The second-order valence-electron chi connectivity index (χ2n) is 6.18. The summed E-state index contributed by atoms with van der Waals surface area (Å²) in [5.74, 6) is 2.16. The first-order valence-electron chi connectivity index (χ1n) is 8.35. The normalized spacial score (nSPS) is 11.1. The third kappa shape index (κ3) is 2.60. The number of rotatable bonds is 4. The summed E-state index contributed by atoms with van der Waals surface area (Å²) in [4.78, 5) is 4.78. The molecule has 2 heterocycles. The van der Waals surface area contributed by atoms with E-state index in [2.05, 4.69) is 10.4 Å². The van der Waals surface area contributed by atoms with Crippen molar-refractivity contribution in [2.75, 3.05) is 19.5 Å². The lowest BCUT2D eigenvalue weighted by Crippen LogP contribution is -2.02. The Morgan fingerprint density at radius 1 is 0.962 bits per heavy atom. The van der Waals surface area contributed by atoms with Gasteiger partial charge in [-0.2, -0.15) is 5.10 Å². The van der Waals surface area contributed by atoms with Crippen LogP contribution in [0.2, 0.25) is 0 Å². The molecule has 0 saturated heterocycles. The molecule has 4 rings (SSSR count). The molecule has 2 aromatic heterocycles. The van der Waals surface area contributed by atoms with Crippen molar-refractivity contribution < 1.29 is 9.47 Å². The topological polar surface area (TPSA) is 60.7 Å². The lowest BCUT2D eigenvalue weighted by molar-refractivity contribution is 0.355. The van der Waals surface area contributed by atoms with E-state index in [1.807, 2.05) is 60.8 Å². The van der Waals surface area contributed by atoms with Crippen LogP contribution in [0, 0.1) is 13.8 Å². The number of ether oxygens (including phenoxy) is 2. The Morgan fingerprint density at radius 3 is 2.46 bits per heavy atom. The maximum absolute atomic E-state index is 5.43. The quantitative estimate of drug-likeness (QED) is 0.597. The van der Waals surface area contributed by atoms with Crippen molar-refractivity contribution in [1.82, 2.24) is 14.6 Å². The Bertz CT molecular complexity index is 1120. The fraction of sp³-hybridized carbons (Fsp3) is 0.200. The number of hydrogen-bond acceptors (Lipinski definition) is 5. The van der Waals surface area contributed by atoms with Crippen molar-refractivity contribution in [1.29, 1.82) is 0 Å². The van der Waals surface area contributed by atoms with E-state index in [9.17, 15) is 0 Å². The predicted octanol–water partition coefficient (Wildman–Crippen LogP) is 4.26. The SMILES string of the molecule is COc1cc(C)c(Nc2nc3cc(C)nn3c3ccccc23)cc1OC. The minimum atomic E-state index is 0.672. The first-order chi connectivity index (χ1) is 12.6. The molecule has 0 aliphatic rings. The second kappa shape index (κ2) is 6.22. The third-order valence-electron chi connectivity index (χ3n) is 4.41. The molecule has 0 atom stereocenters. The number of para-hydroxylation sites is 1. The fourth-order valence-electron chi connectivity index (χ4n) is 3.11. The number of nitrogens with zero attached hydrogens (tertiary/aromatic N) is 3. The smallest absolute Gasteiger partial charge is 0.162 e. The van der Waals surface area contributed by atoms with Gasteiger partial charge in [-0.05, 0) is 37.6 Å². The van der Waals surface area contributed by atoms with E-state index in [1.165, 1.54) is 0 Å². The summed E-state index contributed by atoms with van der Waals surface area (Å²) in [7, 11) is 3.26. The zero-order valence-electron chi connectivity index (χ0n) is 15.2. The van der Waals surface area contributed by atoms with Gasteiger partial charge in [0.2, 0.25) is 0 Å². The van der Waals surface area contributed by atoms with Crippen LogP contribution in [0.1, 0.15) is 11.3 Å². The summed E-state index contributed by atoms with van der Waals surface area (Å²) in [5.41, 5.74) is 4.70. The summed E-state index contributed by atoms with van der Waals surface area (Å²) >= 11 is 0. The van der Waals surface area contributed by atoms with Crippen LogP contribution in [0.15, 0.2) is 42.5 Å². The molecule has 132 valence electrons. The maximum Gasteiger partial charge on any atom is 0.162 e. The minimum Gasteiger partial charge on any atom is -0.493 e. The zero-order valence-corrected chi connectivity index (χ0v) is 15.2. The molecular formula is C20H20N4O2. The highest BCUT2D eigenvalue weighted by molar-refractivity contribution is 5.93. The van der Waals surface area contributed by atoms with Gasteiger partial charge in [0.05, 0.1) is 25.4 Å². The molecule has 4 aromatic rings. The van der Waals surface area contributed by atoms with Gasteiger partial charge in [-0.3, -0.25) is 0 Å². The minimum absolute atomic E-state index is 0.672. The molecular weight excluding hydrogens is 328 g/mol. The Hall–Kier alpha value is -3.28. The molecule has 1 N–H and O–H groups in total. The van der Waals surface area contributed by atoms with E-state index in [4.69, 9.17) is 14.5 Å². The second-order valence-corrected chi connectivity index (χ2v) is 6.18. The standard InChI is InChI=1S/C20H20N4O2/c1-12-9-17(25-3)18(26-4)11-15(12)21-20-14-7-5-6-8-16(14)24-19(22-20)10-13(2)23-24/h5-11H,1-4H3,(H,21,22). The highest BCUT2D eigenvalue weighted by atomic mass is 16.5. The van der Waals surface area contributed by atoms with Crippen molar-refractivity contribution in [2.45, 2.75) is 13.8 Å². The number of nitrogens with one attached hydrogen (secondary N) is 1. The number of aromatic nitrogens is 3. The van der Waals surface area contributed by atoms with Gasteiger partial charge < -0.3 is 14.8 Å². The molecule has 6 nitrogen and oxygen atoms in total. The lowest BCUT2D eigenvalue weighted by Gasteiger charge is -2.15. The number of fused-ring (bicyclic) bond motifs is 3. The van der Waals surface area contributed by atoms with Crippen molar-refractivity contribution in [2.24, 2.45) is 0 Å². The van der Waals surface area contributed by atoms with Crippen LogP contribution < -0.4 is 14.8 Å². The third-order valence-corrected chi connectivity index (χ3v) is 4.41. The van der Waals surface area contributed by atoms with Crippen LogP contribution >= 0.6 is 0 Å². The molecule has 0 fully saturated rings. The van der Waals surface area contributed by atoms with Gasteiger partial charge in [0.25, 0.3) is 0 Å². The molecule has 6 heteroatoms. The van der Waals surface area contributed by atoms with E-state index in [0.717, 1.165) is 39.3 Å². The largest absolute Gasteiger partial charge is 0.493 e. The van der Waals surface area contributed by atoms with Gasteiger partial charge in [0.15, 0.2) is 17.1 Å². The molecule has 0 aliphatic heterocycles.